The van der Waals surface area contributed by atoms with Gasteiger partial charge in [0.1, 0.15) is 5.75 Å². The SMILES string of the molecule is CCC[C@H](N)c1cc(C)ccc1O.Cl. The van der Waals surface area contributed by atoms with Gasteiger partial charge in [-0.15, -0.1) is 12.4 Å². The summed E-state index contributed by atoms with van der Waals surface area (Å²) >= 11 is 0. The van der Waals surface area contributed by atoms with Crippen molar-refractivity contribution >= 4 is 12.4 Å². The summed E-state index contributed by atoms with van der Waals surface area (Å²) < 4.78 is 0. The lowest BCUT2D eigenvalue weighted by Gasteiger charge is -2.12. The topological polar surface area (TPSA) is 46.2 Å². The third-order valence-electron chi connectivity index (χ3n) is 2.18. The molecule has 3 N–H and O–H groups in total. The summed E-state index contributed by atoms with van der Waals surface area (Å²) in [5.74, 6) is 0.312. The van der Waals surface area contributed by atoms with Crippen molar-refractivity contribution in [3.63, 3.8) is 0 Å². The molecule has 1 aromatic rings. The Morgan fingerprint density at radius 2 is 2.07 bits per heavy atom. The highest BCUT2D eigenvalue weighted by Gasteiger charge is 2.09. The zero-order valence-electron chi connectivity index (χ0n) is 8.66. The van der Waals surface area contributed by atoms with Crippen molar-refractivity contribution in [2.75, 3.05) is 0 Å². The smallest absolute Gasteiger partial charge is 0.120 e. The molecule has 0 radical (unpaired) electrons. The summed E-state index contributed by atoms with van der Waals surface area (Å²) in [5.41, 5.74) is 7.92. The van der Waals surface area contributed by atoms with E-state index >= 15 is 0 Å². The van der Waals surface area contributed by atoms with Gasteiger partial charge >= 0.3 is 0 Å². The van der Waals surface area contributed by atoms with Gasteiger partial charge in [-0.1, -0.05) is 31.0 Å². The molecule has 1 rings (SSSR count). The molecule has 0 fully saturated rings. The molecular weight excluding hydrogens is 198 g/mol. The van der Waals surface area contributed by atoms with Gasteiger partial charge in [0, 0.05) is 11.6 Å². The van der Waals surface area contributed by atoms with Crippen LogP contribution in [0.4, 0.5) is 0 Å². The van der Waals surface area contributed by atoms with Crippen LogP contribution < -0.4 is 5.73 Å². The molecule has 2 nitrogen and oxygen atoms in total. The van der Waals surface area contributed by atoms with Gasteiger partial charge in [0.05, 0.1) is 0 Å². The Hall–Kier alpha value is -0.730. The Balaban J connectivity index is 0.00000169. The average molecular weight is 216 g/mol. The number of rotatable bonds is 3. The van der Waals surface area contributed by atoms with E-state index in [0.29, 0.717) is 5.75 Å². The monoisotopic (exact) mass is 215 g/mol. The molecule has 1 aromatic carbocycles. The number of aromatic hydroxyl groups is 1. The van der Waals surface area contributed by atoms with Crippen molar-refractivity contribution in [3.05, 3.63) is 29.3 Å². The summed E-state index contributed by atoms with van der Waals surface area (Å²) in [7, 11) is 0. The summed E-state index contributed by atoms with van der Waals surface area (Å²) in [4.78, 5) is 0. The fourth-order valence-electron chi connectivity index (χ4n) is 1.44. The van der Waals surface area contributed by atoms with E-state index < -0.39 is 0 Å². The standard InChI is InChI=1S/C11H17NO.ClH/c1-3-4-10(12)9-7-8(2)5-6-11(9)13;/h5-7,10,13H,3-4,12H2,1-2H3;1H/t10-;/m0./s1. The second kappa shape index (κ2) is 5.89. The molecule has 0 bridgehead atoms. The van der Waals surface area contributed by atoms with E-state index in [1.165, 1.54) is 0 Å². The van der Waals surface area contributed by atoms with E-state index in [1.807, 2.05) is 19.1 Å². The normalized spacial score (nSPS) is 11.9. The minimum atomic E-state index is -0.0371. The van der Waals surface area contributed by atoms with Crippen molar-refractivity contribution in [3.8, 4) is 5.75 Å². The lowest BCUT2D eigenvalue weighted by atomic mass is 10.0. The maximum atomic E-state index is 9.55. The van der Waals surface area contributed by atoms with Crippen molar-refractivity contribution in [2.45, 2.75) is 32.7 Å². The predicted molar refractivity (Wildman–Crippen MR) is 61.9 cm³/mol. The molecule has 0 saturated heterocycles. The van der Waals surface area contributed by atoms with E-state index in [0.717, 1.165) is 24.0 Å². The molecule has 0 unspecified atom stereocenters. The number of halogens is 1. The van der Waals surface area contributed by atoms with Crippen molar-refractivity contribution < 1.29 is 5.11 Å². The first kappa shape index (κ1) is 13.3. The number of phenols is 1. The van der Waals surface area contributed by atoms with Crippen LogP contribution in [0.3, 0.4) is 0 Å². The highest BCUT2D eigenvalue weighted by Crippen LogP contribution is 2.26. The van der Waals surface area contributed by atoms with Gasteiger partial charge in [0.2, 0.25) is 0 Å². The van der Waals surface area contributed by atoms with E-state index in [1.54, 1.807) is 6.07 Å². The van der Waals surface area contributed by atoms with Crippen LogP contribution in [0.2, 0.25) is 0 Å². The molecular formula is C11H18ClNO. The van der Waals surface area contributed by atoms with E-state index in [-0.39, 0.29) is 18.4 Å². The molecule has 80 valence electrons. The molecule has 0 aliphatic rings. The van der Waals surface area contributed by atoms with Gasteiger partial charge in [-0.05, 0) is 19.4 Å². The Morgan fingerprint density at radius 1 is 1.43 bits per heavy atom. The first-order valence-electron chi connectivity index (χ1n) is 4.70. The first-order valence-corrected chi connectivity index (χ1v) is 4.70. The number of aryl methyl sites for hydroxylation is 1. The van der Waals surface area contributed by atoms with E-state index in [2.05, 4.69) is 6.92 Å². The molecule has 0 aliphatic carbocycles. The fraction of sp³-hybridized carbons (Fsp3) is 0.455. The highest BCUT2D eigenvalue weighted by atomic mass is 35.5. The second-order valence-electron chi connectivity index (χ2n) is 3.46. The van der Waals surface area contributed by atoms with Crippen LogP contribution in [0.15, 0.2) is 18.2 Å². The average Bonchev–Trinajstić information content (AvgIpc) is 2.09. The molecule has 0 aromatic heterocycles. The third kappa shape index (κ3) is 3.20. The largest absolute Gasteiger partial charge is 0.508 e. The Kier molecular flexibility index (Phi) is 5.58. The van der Waals surface area contributed by atoms with Crippen LogP contribution >= 0.6 is 12.4 Å². The fourth-order valence-corrected chi connectivity index (χ4v) is 1.44. The lowest BCUT2D eigenvalue weighted by molar-refractivity contribution is 0.458. The summed E-state index contributed by atoms with van der Waals surface area (Å²) in [6, 6.07) is 5.51. The van der Waals surface area contributed by atoms with Gasteiger partial charge in [0.25, 0.3) is 0 Å². The van der Waals surface area contributed by atoms with Gasteiger partial charge in [-0.25, -0.2) is 0 Å². The number of benzene rings is 1. The van der Waals surface area contributed by atoms with Crippen LogP contribution in [0.5, 0.6) is 5.75 Å². The first-order chi connectivity index (χ1) is 6.15. The van der Waals surface area contributed by atoms with E-state index in [9.17, 15) is 5.11 Å². The summed E-state index contributed by atoms with van der Waals surface area (Å²) in [6.45, 7) is 4.09. The van der Waals surface area contributed by atoms with Crippen LogP contribution in [0.1, 0.15) is 36.9 Å². The minimum Gasteiger partial charge on any atom is -0.508 e. The molecule has 14 heavy (non-hydrogen) atoms. The van der Waals surface area contributed by atoms with Crippen molar-refractivity contribution in [1.82, 2.24) is 0 Å². The molecule has 0 spiro atoms. The number of hydrogen-bond acceptors (Lipinski definition) is 2. The van der Waals surface area contributed by atoms with Crippen molar-refractivity contribution in [1.29, 1.82) is 0 Å². The molecule has 0 aliphatic heterocycles. The molecule has 0 amide bonds. The summed E-state index contributed by atoms with van der Waals surface area (Å²) in [6.07, 6.45) is 1.95. The maximum absolute atomic E-state index is 9.55. The highest BCUT2D eigenvalue weighted by molar-refractivity contribution is 5.85. The number of hydrogen-bond donors (Lipinski definition) is 2. The van der Waals surface area contributed by atoms with E-state index in [4.69, 9.17) is 5.73 Å². The quantitative estimate of drug-likeness (QED) is 0.815. The van der Waals surface area contributed by atoms with Crippen LogP contribution in [-0.2, 0) is 0 Å². The van der Waals surface area contributed by atoms with Crippen LogP contribution in [0.25, 0.3) is 0 Å². The molecule has 0 saturated carbocycles. The third-order valence-corrected chi connectivity index (χ3v) is 2.18. The Bertz CT molecular complexity index is 289. The minimum absolute atomic E-state index is 0. The van der Waals surface area contributed by atoms with Gasteiger partial charge in [-0.2, -0.15) is 0 Å². The zero-order chi connectivity index (χ0) is 9.84. The van der Waals surface area contributed by atoms with Gasteiger partial charge < -0.3 is 10.8 Å². The Labute approximate surface area is 91.5 Å². The van der Waals surface area contributed by atoms with Crippen LogP contribution in [-0.4, -0.2) is 5.11 Å². The van der Waals surface area contributed by atoms with Gasteiger partial charge in [-0.3, -0.25) is 0 Å². The predicted octanol–water partition coefficient (Wildman–Crippen LogP) is 2.92. The zero-order valence-corrected chi connectivity index (χ0v) is 9.47. The molecule has 0 heterocycles. The maximum Gasteiger partial charge on any atom is 0.120 e. The van der Waals surface area contributed by atoms with Gasteiger partial charge in [0.15, 0.2) is 0 Å². The van der Waals surface area contributed by atoms with Crippen LogP contribution in [0, 0.1) is 6.92 Å². The second-order valence-corrected chi connectivity index (χ2v) is 3.46. The summed E-state index contributed by atoms with van der Waals surface area (Å²) in [5, 5.41) is 9.55. The molecule has 3 heteroatoms. The Morgan fingerprint density at radius 3 is 2.64 bits per heavy atom. The molecule has 1 atom stereocenters. The lowest BCUT2D eigenvalue weighted by Crippen LogP contribution is -2.09. The number of nitrogens with two attached hydrogens (primary N) is 1. The van der Waals surface area contributed by atoms with Crippen molar-refractivity contribution in [2.24, 2.45) is 5.73 Å². The number of phenolic OH excluding ortho intramolecular Hbond substituents is 1.